The molecule has 3 heteroatoms. The van der Waals surface area contributed by atoms with Crippen LogP contribution < -0.4 is 0 Å². The molecule has 0 amide bonds. The lowest BCUT2D eigenvalue weighted by atomic mass is 9.89. The first-order valence-corrected chi connectivity index (χ1v) is 9.36. The molecule has 0 heterocycles. The van der Waals surface area contributed by atoms with E-state index < -0.39 is 8.32 Å². The zero-order valence-electron chi connectivity index (χ0n) is 12.3. The van der Waals surface area contributed by atoms with Crippen molar-refractivity contribution in [2.24, 2.45) is 5.92 Å². The van der Waals surface area contributed by atoms with Crippen LogP contribution in [0.2, 0.25) is 18.1 Å². The lowest BCUT2D eigenvalue weighted by Gasteiger charge is -2.40. The molecule has 0 spiro atoms. The van der Waals surface area contributed by atoms with Gasteiger partial charge in [0.15, 0.2) is 14.1 Å². The molecule has 98 valence electrons. The Morgan fingerprint density at radius 3 is 2.35 bits per heavy atom. The maximum atomic E-state index is 12.1. The number of allylic oxidation sites excluding steroid dienone is 1. The monoisotopic (exact) mass is 254 g/mol. The maximum Gasteiger partial charge on any atom is 0.193 e. The summed E-state index contributed by atoms with van der Waals surface area (Å²) in [4.78, 5) is 12.1. The number of carbonyl (C=O) groups is 1. The molecule has 1 aliphatic rings. The van der Waals surface area contributed by atoms with Gasteiger partial charge in [-0.3, -0.25) is 4.79 Å². The average Bonchev–Trinajstić information content (AvgIpc) is 2.11. The Bertz CT molecular complexity index is 337. The minimum absolute atomic E-state index is 0.158. The Hall–Kier alpha value is -0.413. The summed E-state index contributed by atoms with van der Waals surface area (Å²) >= 11 is 0. The summed E-state index contributed by atoms with van der Waals surface area (Å²) in [6.45, 7) is 15.1. The molecule has 1 rings (SSSR count). The van der Waals surface area contributed by atoms with Crippen molar-refractivity contribution >= 4 is 14.1 Å². The van der Waals surface area contributed by atoms with Gasteiger partial charge in [-0.05, 0) is 43.0 Å². The molecule has 0 saturated heterocycles. The van der Waals surface area contributed by atoms with Crippen LogP contribution in [-0.4, -0.2) is 20.2 Å². The van der Waals surface area contributed by atoms with Crippen LogP contribution in [0.4, 0.5) is 0 Å². The molecule has 0 N–H and O–H groups in total. The maximum absolute atomic E-state index is 12.1. The molecular formula is C14H26O2Si. The van der Waals surface area contributed by atoms with E-state index in [0.717, 1.165) is 12.0 Å². The molecule has 0 bridgehead atoms. The number of hydrogen-bond acceptors (Lipinski definition) is 2. The van der Waals surface area contributed by atoms with Crippen molar-refractivity contribution < 1.29 is 9.22 Å². The van der Waals surface area contributed by atoms with E-state index in [1.54, 1.807) is 0 Å². The molecule has 0 saturated carbocycles. The Kier molecular flexibility index (Phi) is 4.04. The number of hydrogen-bond donors (Lipinski definition) is 0. The van der Waals surface area contributed by atoms with E-state index in [9.17, 15) is 4.79 Å². The molecule has 2 atom stereocenters. The Morgan fingerprint density at radius 2 is 1.88 bits per heavy atom. The lowest BCUT2D eigenvalue weighted by molar-refractivity contribution is -0.123. The third-order valence-corrected chi connectivity index (χ3v) is 8.53. The van der Waals surface area contributed by atoms with Crippen molar-refractivity contribution in [1.82, 2.24) is 0 Å². The zero-order valence-corrected chi connectivity index (χ0v) is 13.3. The summed E-state index contributed by atoms with van der Waals surface area (Å²) < 4.78 is 6.24. The van der Waals surface area contributed by atoms with Crippen molar-refractivity contribution in [3.8, 4) is 0 Å². The summed E-state index contributed by atoms with van der Waals surface area (Å²) in [5, 5.41) is 0.158. The van der Waals surface area contributed by atoms with Gasteiger partial charge < -0.3 is 4.43 Å². The van der Waals surface area contributed by atoms with Gasteiger partial charge in [0.05, 0.1) is 0 Å². The number of ketones is 1. The minimum Gasteiger partial charge on any atom is -0.407 e. The number of Topliss-reactive ketones (excluding diaryl/α,β-unsaturated/α-hetero) is 1. The van der Waals surface area contributed by atoms with Crippen molar-refractivity contribution in [3.05, 3.63) is 11.6 Å². The number of carbonyl (C=O) groups excluding carboxylic acids is 1. The first-order chi connectivity index (χ1) is 7.54. The minimum atomic E-state index is -1.84. The van der Waals surface area contributed by atoms with E-state index in [4.69, 9.17) is 4.43 Å². The summed E-state index contributed by atoms with van der Waals surface area (Å²) in [7, 11) is -1.84. The summed E-state index contributed by atoms with van der Waals surface area (Å²) in [6, 6.07) is 0. The van der Waals surface area contributed by atoms with Crippen LogP contribution >= 0.6 is 0 Å². The van der Waals surface area contributed by atoms with Gasteiger partial charge in [-0.15, -0.1) is 0 Å². The predicted octanol–water partition coefficient (Wildman–Crippen LogP) is 3.93. The smallest absolute Gasteiger partial charge is 0.193 e. The highest BCUT2D eigenvalue weighted by atomic mass is 28.4. The van der Waals surface area contributed by atoms with E-state index in [1.807, 2.05) is 6.92 Å². The van der Waals surface area contributed by atoms with Gasteiger partial charge >= 0.3 is 0 Å². The van der Waals surface area contributed by atoms with Crippen LogP contribution in [0.1, 0.15) is 41.0 Å². The van der Waals surface area contributed by atoms with E-state index in [0.29, 0.717) is 5.92 Å². The molecular weight excluding hydrogens is 228 g/mol. The molecule has 2 nitrogen and oxygen atoms in total. The second-order valence-electron chi connectivity index (χ2n) is 6.79. The summed E-state index contributed by atoms with van der Waals surface area (Å²) in [6.07, 6.45) is 2.69. The van der Waals surface area contributed by atoms with Crippen molar-refractivity contribution in [1.29, 1.82) is 0 Å². The fourth-order valence-electron chi connectivity index (χ4n) is 1.91. The van der Waals surface area contributed by atoms with Gasteiger partial charge in [0.1, 0.15) is 6.10 Å². The van der Waals surface area contributed by atoms with Crippen LogP contribution in [0.5, 0.6) is 0 Å². The van der Waals surface area contributed by atoms with Crippen LogP contribution in [0, 0.1) is 5.92 Å². The summed E-state index contributed by atoms with van der Waals surface area (Å²) in [5.41, 5.74) is 0.868. The lowest BCUT2D eigenvalue weighted by Crippen LogP contribution is -2.47. The normalized spacial score (nSPS) is 27.0. The molecule has 17 heavy (non-hydrogen) atoms. The number of rotatable bonds is 2. The SMILES string of the molecule is CC1=C[C@H](C)C[C@@H](O[Si](C)(C)C(C)(C)C)C1=O. The van der Waals surface area contributed by atoms with Crippen molar-refractivity contribution in [3.63, 3.8) is 0 Å². The molecule has 1 aliphatic carbocycles. The predicted molar refractivity (Wildman–Crippen MR) is 74.6 cm³/mol. The van der Waals surface area contributed by atoms with Crippen LogP contribution in [0.15, 0.2) is 11.6 Å². The van der Waals surface area contributed by atoms with E-state index in [-0.39, 0.29) is 16.9 Å². The van der Waals surface area contributed by atoms with Crippen LogP contribution in [-0.2, 0) is 9.22 Å². The zero-order chi connectivity index (χ0) is 13.4. The first kappa shape index (κ1) is 14.6. The van der Waals surface area contributed by atoms with Crippen LogP contribution in [0.3, 0.4) is 0 Å². The average molecular weight is 254 g/mol. The molecule has 0 aliphatic heterocycles. The Morgan fingerprint density at radius 1 is 1.35 bits per heavy atom. The van der Waals surface area contributed by atoms with E-state index in [2.05, 4.69) is 46.9 Å². The van der Waals surface area contributed by atoms with E-state index in [1.165, 1.54) is 0 Å². The molecule has 0 aromatic heterocycles. The van der Waals surface area contributed by atoms with Gasteiger partial charge in [-0.2, -0.15) is 0 Å². The second-order valence-corrected chi connectivity index (χ2v) is 11.6. The van der Waals surface area contributed by atoms with Gasteiger partial charge in [0, 0.05) is 0 Å². The highest BCUT2D eigenvalue weighted by Gasteiger charge is 2.41. The molecule has 0 unspecified atom stereocenters. The Labute approximate surface area is 107 Å². The third-order valence-electron chi connectivity index (χ3n) is 4.04. The van der Waals surface area contributed by atoms with Crippen molar-refractivity contribution in [2.45, 2.75) is 65.3 Å². The highest BCUT2D eigenvalue weighted by Crippen LogP contribution is 2.39. The first-order valence-electron chi connectivity index (χ1n) is 6.45. The van der Waals surface area contributed by atoms with Crippen LogP contribution in [0.25, 0.3) is 0 Å². The largest absolute Gasteiger partial charge is 0.407 e. The van der Waals surface area contributed by atoms with Crippen molar-refractivity contribution in [2.75, 3.05) is 0 Å². The Balaban J connectivity index is 2.83. The fraction of sp³-hybridized carbons (Fsp3) is 0.786. The summed E-state index contributed by atoms with van der Waals surface area (Å²) in [5.74, 6) is 0.635. The van der Waals surface area contributed by atoms with E-state index >= 15 is 0 Å². The van der Waals surface area contributed by atoms with Gasteiger partial charge in [-0.1, -0.05) is 33.8 Å². The quantitative estimate of drug-likeness (QED) is 0.698. The second kappa shape index (κ2) is 4.69. The molecule has 0 aromatic rings. The van der Waals surface area contributed by atoms with Gasteiger partial charge in [0.2, 0.25) is 0 Å². The molecule has 0 aromatic carbocycles. The van der Waals surface area contributed by atoms with Gasteiger partial charge in [-0.25, -0.2) is 0 Å². The standard InChI is InChI=1S/C14H26O2Si/c1-10-8-11(2)13(15)12(9-10)16-17(6,7)14(3,4)5/h8,10,12H,9H2,1-7H3/t10-,12+/m0/s1. The highest BCUT2D eigenvalue weighted by molar-refractivity contribution is 6.74. The third kappa shape index (κ3) is 3.29. The fourth-order valence-corrected chi connectivity index (χ4v) is 3.18. The molecule has 0 radical (unpaired) electrons. The topological polar surface area (TPSA) is 26.3 Å². The van der Waals surface area contributed by atoms with Gasteiger partial charge in [0.25, 0.3) is 0 Å². The molecule has 0 fully saturated rings.